The van der Waals surface area contributed by atoms with Crippen LogP contribution in [0.4, 0.5) is 0 Å². The second-order valence-corrected chi connectivity index (χ2v) is 7.16. The molecular formula is C23H24N2O3. The third kappa shape index (κ3) is 4.77. The zero-order valence-corrected chi connectivity index (χ0v) is 15.8. The minimum atomic E-state index is -0.833. The van der Waals surface area contributed by atoms with Crippen LogP contribution in [0.5, 0.6) is 0 Å². The zero-order valence-electron chi connectivity index (χ0n) is 15.8. The molecule has 1 aliphatic rings. The number of amides is 1. The summed E-state index contributed by atoms with van der Waals surface area (Å²) in [5, 5.41) is 12.3. The van der Waals surface area contributed by atoms with Gasteiger partial charge < -0.3 is 10.1 Å². The van der Waals surface area contributed by atoms with Crippen LogP contribution in [0.1, 0.15) is 49.1 Å². The minimum absolute atomic E-state index is 0.390. The van der Waals surface area contributed by atoms with Gasteiger partial charge in [0.1, 0.15) is 11.5 Å². The van der Waals surface area contributed by atoms with Crippen LogP contribution in [0.25, 0.3) is 0 Å². The summed E-state index contributed by atoms with van der Waals surface area (Å²) in [5.74, 6) is -1.52. The minimum Gasteiger partial charge on any atom is -0.455 e. The third-order valence-corrected chi connectivity index (χ3v) is 5.15. The second kappa shape index (κ2) is 9.18. The van der Waals surface area contributed by atoms with E-state index < -0.39 is 29.9 Å². The lowest BCUT2D eigenvalue weighted by molar-refractivity contribution is -0.149. The third-order valence-electron chi connectivity index (χ3n) is 5.15. The smallest absolute Gasteiger partial charge is 0.318 e. The Morgan fingerprint density at radius 1 is 0.964 bits per heavy atom. The van der Waals surface area contributed by atoms with Gasteiger partial charge in [-0.3, -0.25) is 9.59 Å². The molecule has 0 spiro atoms. The fourth-order valence-corrected chi connectivity index (χ4v) is 3.70. The lowest BCUT2D eigenvalue weighted by Crippen LogP contribution is -2.50. The Bertz CT molecular complexity index is 798. The Morgan fingerprint density at radius 3 is 2.00 bits per heavy atom. The normalized spacial score (nSPS) is 15.4. The highest BCUT2D eigenvalue weighted by Gasteiger charge is 2.34. The van der Waals surface area contributed by atoms with Gasteiger partial charge in [-0.2, -0.15) is 5.26 Å². The van der Waals surface area contributed by atoms with Gasteiger partial charge in [0.15, 0.2) is 6.61 Å². The van der Waals surface area contributed by atoms with E-state index in [4.69, 9.17) is 4.74 Å². The molecule has 0 unspecified atom stereocenters. The van der Waals surface area contributed by atoms with E-state index in [-0.39, 0.29) is 0 Å². The number of carbonyl (C=O) groups is 2. The lowest BCUT2D eigenvalue weighted by atomic mass is 9.83. The predicted molar refractivity (Wildman–Crippen MR) is 105 cm³/mol. The summed E-state index contributed by atoms with van der Waals surface area (Å²) in [7, 11) is 0. The first-order valence-corrected chi connectivity index (χ1v) is 9.62. The van der Waals surface area contributed by atoms with E-state index in [2.05, 4.69) is 11.4 Å². The van der Waals surface area contributed by atoms with Crippen molar-refractivity contribution in [2.45, 2.75) is 43.6 Å². The van der Waals surface area contributed by atoms with E-state index in [9.17, 15) is 14.9 Å². The molecule has 1 N–H and O–H groups in total. The molecular weight excluding hydrogens is 352 g/mol. The van der Waals surface area contributed by atoms with Crippen molar-refractivity contribution >= 4 is 11.9 Å². The maximum absolute atomic E-state index is 12.8. The number of nitrogens with zero attached hydrogens (tertiary/aromatic N) is 1. The maximum atomic E-state index is 12.8. The molecule has 0 radical (unpaired) electrons. The van der Waals surface area contributed by atoms with Gasteiger partial charge >= 0.3 is 5.97 Å². The molecule has 28 heavy (non-hydrogen) atoms. The summed E-state index contributed by atoms with van der Waals surface area (Å²) in [6.45, 7) is -0.390. The van der Waals surface area contributed by atoms with Gasteiger partial charge in [0, 0.05) is 0 Å². The molecule has 0 aliphatic heterocycles. The van der Waals surface area contributed by atoms with E-state index in [0.717, 1.165) is 30.4 Å². The Kier molecular flexibility index (Phi) is 6.44. The highest BCUT2D eigenvalue weighted by Crippen LogP contribution is 2.28. The molecule has 3 rings (SSSR count). The molecule has 2 aromatic rings. The monoisotopic (exact) mass is 376 g/mol. The standard InChI is InChI=1S/C23H24N2O3/c24-17-23(14-8-3-9-15-23)25-20(26)16-28-22(27)21(18-10-4-1-5-11-18)19-12-6-2-7-13-19/h1-2,4-7,10-13,21H,3,8-9,14-16H2,(H,25,26). The van der Waals surface area contributed by atoms with Crippen LogP contribution < -0.4 is 5.32 Å². The van der Waals surface area contributed by atoms with Crippen LogP contribution >= 0.6 is 0 Å². The lowest BCUT2D eigenvalue weighted by Gasteiger charge is -2.31. The molecule has 0 saturated heterocycles. The summed E-state index contributed by atoms with van der Waals surface area (Å²) in [6.07, 6.45) is 4.18. The number of hydrogen-bond donors (Lipinski definition) is 1. The van der Waals surface area contributed by atoms with Gasteiger partial charge in [0.05, 0.1) is 6.07 Å². The van der Waals surface area contributed by atoms with Crippen molar-refractivity contribution in [3.8, 4) is 6.07 Å². The molecule has 144 valence electrons. The number of nitrogens with one attached hydrogen (secondary N) is 1. The Morgan fingerprint density at radius 2 is 1.50 bits per heavy atom. The topological polar surface area (TPSA) is 79.2 Å². The van der Waals surface area contributed by atoms with Crippen LogP contribution in [-0.2, 0) is 14.3 Å². The van der Waals surface area contributed by atoms with Crippen molar-refractivity contribution in [3.05, 3.63) is 71.8 Å². The van der Waals surface area contributed by atoms with Crippen molar-refractivity contribution in [2.24, 2.45) is 0 Å². The average Bonchev–Trinajstić information content (AvgIpc) is 2.75. The summed E-state index contributed by atoms with van der Waals surface area (Å²) in [5.41, 5.74) is 0.778. The van der Waals surface area contributed by atoms with E-state index >= 15 is 0 Å². The molecule has 1 aliphatic carbocycles. The number of esters is 1. The fraction of sp³-hybridized carbons (Fsp3) is 0.348. The van der Waals surface area contributed by atoms with Crippen molar-refractivity contribution in [2.75, 3.05) is 6.61 Å². The maximum Gasteiger partial charge on any atom is 0.318 e. The summed E-state index contributed by atoms with van der Waals surface area (Å²) >= 11 is 0. The summed E-state index contributed by atoms with van der Waals surface area (Å²) in [4.78, 5) is 25.2. The second-order valence-electron chi connectivity index (χ2n) is 7.16. The predicted octanol–water partition coefficient (Wildman–Crippen LogP) is 3.70. The molecule has 5 heteroatoms. The number of ether oxygens (including phenoxy) is 1. The number of nitriles is 1. The van der Waals surface area contributed by atoms with Gasteiger partial charge in [0.2, 0.25) is 0 Å². The van der Waals surface area contributed by atoms with Gasteiger partial charge in [0.25, 0.3) is 5.91 Å². The zero-order chi connectivity index (χ0) is 19.8. The van der Waals surface area contributed by atoms with Crippen molar-refractivity contribution < 1.29 is 14.3 Å². The quantitative estimate of drug-likeness (QED) is 0.780. The molecule has 1 amide bonds. The molecule has 0 aromatic heterocycles. The largest absolute Gasteiger partial charge is 0.455 e. The Hall–Kier alpha value is -3.13. The number of carbonyl (C=O) groups excluding carboxylic acids is 2. The van der Waals surface area contributed by atoms with Gasteiger partial charge in [-0.25, -0.2) is 0 Å². The van der Waals surface area contributed by atoms with Gasteiger partial charge in [-0.1, -0.05) is 79.9 Å². The molecule has 2 aromatic carbocycles. The number of rotatable bonds is 6. The number of benzene rings is 2. The van der Waals surface area contributed by atoms with E-state index in [0.29, 0.717) is 12.8 Å². The van der Waals surface area contributed by atoms with Crippen molar-refractivity contribution in [1.29, 1.82) is 5.26 Å². The molecule has 0 heterocycles. The Labute approximate surface area is 165 Å². The van der Waals surface area contributed by atoms with Gasteiger partial charge in [-0.15, -0.1) is 0 Å². The SMILES string of the molecule is N#CC1(NC(=O)COC(=O)C(c2ccccc2)c2ccccc2)CCCCC1. The summed E-state index contributed by atoms with van der Waals surface area (Å²) < 4.78 is 5.35. The van der Waals surface area contributed by atoms with Crippen LogP contribution in [0.2, 0.25) is 0 Å². The van der Waals surface area contributed by atoms with Crippen LogP contribution in [-0.4, -0.2) is 24.0 Å². The summed E-state index contributed by atoms with van der Waals surface area (Å²) in [6, 6.07) is 20.9. The van der Waals surface area contributed by atoms with Crippen LogP contribution in [0.3, 0.4) is 0 Å². The first-order chi connectivity index (χ1) is 13.6. The molecule has 1 saturated carbocycles. The van der Waals surface area contributed by atoms with Gasteiger partial charge in [-0.05, 0) is 24.0 Å². The van der Waals surface area contributed by atoms with E-state index in [1.165, 1.54) is 0 Å². The first kappa shape index (κ1) is 19.6. The van der Waals surface area contributed by atoms with E-state index in [1.807, 2.05) is 60.7 Å². The molecule has 0 bridgehead atoms. The van der Waals surface area contributed by atoms with E-state index in [1.54, 1.807) is 0 Å². The number of hydrogen-bond acceptors (Lipinski definition) is 4. The van der Waals surface area contributed by atoms with Crippen molar-refractivity contribution in [3.63, 3.8) is 0 Å². The Balaban J connectivity index is 1.67. The van der Waals surface area contributed by atoms with Crippen LogP contribution in [0.15, 0.2) is 60.7 Å². The average molecular weight is 376 g/mol. The highest BCUT2D eigenvalue weighted by atomic mass is 16.5. The molecule has 1 fully saturated rings. The van der Waals surface area contributed by atoms with Crippen molar-refractivity contribution in [1.82, 2.24) is 5.32 Å². The van der Waals surface area contributed by atoms with Crippen LogP contribution in [0, 0.1) is 11.3 Å². The molecule has 5 nitrogen and oxygen atoms in total. The molecule has 0 atom stereocenters. The fourth-order valence-electron chi connectivity index (χ4n) is 3.70. The highest BCUT2D eigenvalue weighted by molar-refractivity contribution is 5.86. The first-order valence-electron chi connectivity index (χ1n) is 9.62.